The monoisotopic (exact) mass is 575 g/mol. The predicted molar refractivity (Wildman–Crippen MR) is 161 cm³/mol. The van der Waals surface area contributed by atoms with Crippen molar-refractivity contribution in [1.82, 2.24) is 4.57 Å². The van der Waals surface area contributed by atoms with E-state index in [9.17, 15) is 14.0 Å². The number of nitrogens with one attached hydrogen (secondary N) is 1. The van der Waals surface area contributed by atoms with Crippen molar-refractivity contribution in [3.8, 4) is 0 Å². The van der Waals surface area contributed by atoms with E-state index in [1.807, 2.05) is 19.9 Å². The van der Waals surface area contributed by atoms with Gasteiger partial charge in [0.15, 0.2) is 5.82 Å². The highest BCUT2D eigenvalue weighted by Crippen LogP contribution is 2.61. The number of aryl methyl sites for hydroxylation is 1. The molecule has 5 nitrogen and oxygen atoms in total. The molecule has 2 fully saturated rings. The smallest absolute Gasteiger partial charge is 0.273 e. The van der Waals surface area contributed by atoms with Crippen molar-refractivity contribution < 1.29 is 13.6 Å². The van der Waals surface area contributed by atoms with E-state index in [0.29, 0.717) is 5.69 Å². The number of aromatic nitrogens is 1. The Hall–Kier alpha value is -3.84. The molecule has 41 heavy (non-hydrogen) atoms. The lowest BCUT2D eigenvalue weighted by Gasteiger charge is -2.13. The summed E-state index contributed by atoms with van der Waals surface area (Å²) >= 11 is 6.63. The van der Waals surface area contributed by atoms with E-state index in [1.165, 1.54) is 35.2 Å². The molecule has 0 bridgehead atoms. The Morgan fingerprint density at radius 2 is 1.85 bits per heavy atom. The second-order valence-corrected chi connectivity index (χ2v) is 11.6. The fourth-order valence-electron chi connectivity index (χ4n) is 5.33. The van der Waals surface area contributed by atoms with E-state index in [4.69, 9.17) is 11.6 Å². The molecule has 1 amide bonds. The maximum absolute atomic E-state index is 15.6. The van der Waals surface area contributed by atoms with Crippen LogP contribution in [0.25, 0.3) is 6.20 Å². The number of carbonyl (C=O) groups excluding carboxylic acids is 1. The van der Waals surface area contributed by atoms with E-state index in [-0.39, 0.29) is 57.0 Å². The summed E-state index contributed by atoms with van der Waals surface area (Å²) in [5, 5.41) is 2.83. The first-order chi connectivity index (χ1) is 19.6. The summed E-state index contributed by atoms with van der Waals surface area (Å²) < 4.78 is 30.4. The van der Waals surface area contributed by atoms with Gasteiger partial charge in [-0.2, -0.15) is 0 Å². The number of allylic oxidation sites excluding steroid dienone is 2. The summed E-state index contributed by atoms with van der Waals surface area (Å²) in [4.78, 5) is 30.3. The lowest BCUT2D eigenvalue weighted by molar-refractivity contribution is -0.120. The van der Waals surface area contributed by atoms with Gasteiger partial charge in [-0.15, -0.1) is 0 Å². The Balaban J connectivity index is 1.44. The van der Waals surface area contributed by atoms with Crippen LogP contribution in [0, 0.1) is 29.9 Å². The van der Waals surface area contributed by atoms with E-state index in [2.05, 4.69) is 17.2 Å². The highest BCUT2D eigenvalue weighted by molar-refractivity contribution is 6.31. The maximum atomic E-state index is 15.6. The van der Waals surface area contributed by atoms with Crippen LogP contribution in [0.5, 0.6) is 0 Å². The van der Waals surface area contributed by atoms with Gasteiger partial charge in [0, 0.05) is 29.1 Å². The Kier molecular flexibility index (Phi) is 7.84. The molecule has 212 valence electrons. The van der Waals surface area contributed by atoms with Crippen molar-refractivity contribution in [2.45, 2.75) is 52.4 Å². The number of anilines is 1. The first kappa shape index (κ1) is 28.7. The van der Waals surface area contributed by atoms with Crippen LogP contribution >= 0.6 is 11.6 Å². The predicted octanol–water partition coefficient (Wildman–Crippen LogP) is 7.84. The van der Waals surface area contributed by atoms with Crippen molar-refractivity contribution in [2.24, 2.45) is 16.3 Å². The molecular formula is C33H32ClF2N3O2. The number of carbonyl (C=O) groups is 1. The van der Waals surface area contributed by atoms with Crippen LogP contribution < -0.4 is 10.9 Å². The second kappa shape index (κ2) is 11.2. The molecular weight excluding hydrogens is 544 g/mol. The van der Waals surface area contributed by atoms with Gasteiger partial charge >= 0.3 is 0 Å². The molecule has 3 unspecified atom stereocenters. The SMILES string of the molecule is C/C=C/N=C(/C=C/n1c(C)cc(C2C(C)C2c2ccc(F)cc2)c(Cl)c1=O)c1cccc(NC(=O)C2(C)CC2)c1F. The van der Waals surface area contributed by atoms with Gasteiger partial charge in [0.1, 0.15) is 10.8 Å². The van der Waals surface area contributed by atoms with Gasteiger partial charge in [0.2, 0.25) is 5.91 Å². The number of halogens is 3. The zero-order chi connectivity index (χ0) is 29.5. The number of hydrogen-bond acceptors (Lipinski definition) is 3. The van der Waals surface area contributed by atoms with Crippen molar-refractivity contribution in [1.29, 1.82) is 0 Å². The summed E-state index contributed by atoms with van der Waals surface area (Å²) in [7, 11) is 0. The number of aliphatic imine (C=N–C) groups is 1. The standard InChI is InChI=1S/C33H32ClF2N3O2/c1-5-16-37-25(23-7-6-8-26(30(23)36)38-32(41)33(4)14-15-33)13-17-39-19(2)18-24(29(34)31(39)40)28-20(3)27(28)21-9-11-22(35)12-10-21/h5-13,16-18,20,27-28H,14-15H2,1-4H3,(H,38,41)/b16-5+,17-13+,37-25-. The number of pyridine rings is 1. The zero-order valence-corrected chi connectivity index (χ0v) is 24.2. The normalized spacial score (nSPS) is 21.4. The summed E-state index contributed by atoms with van der Waals surface area (Å²) in [5.74, 6) is -0.653. The Bertz CT molecular complexity index is 1650. The average Bonchev–Trinajstić information content (AvgIpc) is 3.86. The van der Waals surface area contributed by atoms with Gasteiger partial charge in [-0.1, -0.05) is 49.7 Å². The van der Waals surface area contributed by atoms with Crippen LogP contribution in [0.2, 0.25) is 5.02 Å². The lowest BCUT2D eigenvalue weighted by Crippen LogP contribution is -2.22. The van der Waals surface area contributed by atoms with Crippen LogP contribution in [-0.4, -0.2) is 16.2 Å². The first-order valence-electron chi connectivity index (χ1n) is 13.7. The van der Waals surface area contributed by atoms with Crippen LogP contribution in [0.4, 0.5) is 14.5 Å². The van der Waals surface area contributed by atoms with Gasteiger partial charge in [0.05, 0.1) is 11.4 Å². The van der Waals surface area contributed by atoms with Gasteiger partial charge in [0.25, 0.3) is 5.56 Å². The molecule has 3 aromatic rings. The summed E-state index contributed by atoms with van der Waals surface area (Å²) in [6.45, 7) is 7.55. The van der Waals surface area contributed by atoms with E-state index >= 15 is 4.39 Å². The molecule has 5 rings (SSSR count). The summed E-state index contributed by atoms with van der Waals surface area (Å²) in [6.07, 6.45) is 7.88. The molecule has 0 aliphatic heterocycles. The second-order valence-electron chi connectivity index (χ2n) is 11.2. The number of amides is 1. The first-order valence-corrected chi connectivity index (χ1v) is 14.1. The molecule has 2 aliphatic carbocycles. The molecule has 0 spiro atoms. The van der Waals surface area contributed by atoms with Crippen LogP contribution in [0.3, 0.4) is 0 Å². The molecule has 3 atom stereocenters. The number of nitrogens with zero attached hydrogens (tertiary/aromatic N) is 2. The van der Waals surface area contributed by atoms with E-state index < -0.39 is 11.2 Å². The van der Waals surface area contributed by atoms with Crippen LogP contribution in [0.15, 0.2) is 76.7 Å². The van der Waals surface area contributed by atoms with Crippen LogP contribution in [0.1, 0.15) is 67.8 Å². The molecule has 1 N–H and O–H groups in total. The Labute approximate surface area is 243 Å². The fourth-order valence-corrected chi connectivity index (χ4v) is 5.60. The third kappa shape index (κ3) is 5.68. The van der Waals surface area contributed by atoms with E-state index in [0.717, 1.165) is 24.0 Å². The molecule has 1 heterocycles. The quantitative estimate of drug-likeness (QED) is 0.278. The highest BCUT2D eigenvalue weighted by Gasteiger charge is 2.49. The van der Waals surface area contributed by atoms with Crippen molar-refractivity contribution in [3.63, 3.8) is 0 Å². The van der Waals surface area contributed by atoms with Crippen molar-refractivity contribution in [2.75, 3.05) is 5.32 Å². The van der Waals surface area contributed by atoms with Gasteiger partial charge in [-0.25, -0.2) is 8.78 Å². The number of benzene rings is 2. The number of rotatable bonds is 8. The molecule has 1 aromatic heterocycles. The van der Waals surface area contributed by atoms with Gasteiger partial charge in [-0.05, 0) is 92.0 Å². The van der Waals surface area contributed by atoms with Gasteiger partial charge < -0.3 is 5.32 Å². The minimum absolute atomic E-state index is 0.0507. The molecule has 0 radical (unpaired) electrons. The average molecular weight is 576 g/mol. The third-order valence-corrected chi connectivity index (χ3v) is 8.59. The number of hydrogen-bond donors (Lipinski definition) is 1. The molecule has 2 aromatic carbocycles. The van der Waals surface area contributed by atoms with Gasteiger partial charge in [-0.3, -0.25) is 19.1 Å². The third-order valence-electron chi connectivity index (χ3n) is 8.21. The lowest BCUT2D eigenvalue weighted by atomic mass is 10.0. The highest BCUT2D eigenvalue weighted by atomic mass is 35.5. The Morgan fingerprint density at radius 1 is 1.15 bits per heavy atom. The summed E-state index contributed by atoms with van der Waals surface area (Å²) in [5.41, 5.74) is 2.13. The zero-order valence-electron chi connectivity index (χ0n) is 23.4. The minimum atomic E-state index is -0.606. The fraction of sp³-hybridized carbons (Fsp3) is 0.303. The van der Waals surface area contributed by atoms with Crippen molar-refractivity contribution in [3.05, 3.63) is 116 Å². The van der Waals surface area contributed by atoms with E-state index in [1.54, 1.807) is 43.3 Å². The minimum Gasteiger partial charge on any atom is -0.323 e. The van der Waals surface area contributed by atoms with Crippen molar-refractivity contribution >= 4 is 35.1 Å². The largest absolute Gasteiger partial charge is 0.323 e. The molecule has 0 saturated heterocycles. The molecule has 2 saturated carbocycles. The van der Waals surface area contributed by atoms with Crippen LogP contribution in [-0.2, 0) is 4.79 Å². The summed E-state index contributed by atoms with van der Waals surface area (Å²) in [6, 6.07) is 13.1. The Morgan fingerprint density at radius 3 is 2.51 bits per heavy atom. The topological polar surface area (TPSA) is 63.5 Å². The molecule has 8 heteroatoms. The molecule has 2 aliphatic rings. The maximum Gasteiger partial charge on any atom is 0.273 e.